The van der Waals surface area contributed by atoms with E-state index in [2.05, 4.69) is 6.58 Å². The average Bonchev–Trinajstić information content (AvgIpc) is 2.18. The van der Waals surface area contributed by atoms with Crippen molar-refractivity contribution in [2.45, 2.75) is 12.3 Å². The van der Waals surface area contributed by atoms with Crippen LogP contribution in [0.15, 0.2) is 36.9 Å². The first kappa shape index (κ1) is 9.65. The lowest BCUT2D eigenvalue weighted by Gasteiger charge is -2.18. The van der Waals surface area contributed by atoms with E-state index in [0.29, 0.717) is 0 Å². The highest BCUT2D eigenvalue weighted by molar-refractivity contribution is 5.71. The largest absolute Gasteiger partial charge is 0.302 e. The number of benzene rings is 1. The number of hydrogen-bond acceptors (Lipinski definition) is 1. The summed E-state index contributed by atoms with van der Waals surface area (Å²) in [7, 11) is 0. The molecule has 0 N–H and O–H groups in total. The van der Waals surface area contributed by atoms with E-state index < -0.39 is 5.41 Å². The van der Waals surface area contributed by atoms with Crippen molar-refractivity contribution in [2.24, 2.45) is 0 Å². The van der Waals surface area contributed by atoms with Crippen LogP contribution >= 0.6 is 0 Å². The smallest absolute Gasteiger partial charge is 0.134 e. The molecule has 0 bridgehead atoms. The highest BCUT2D eigenvalue weighted by Gasteiger charge is 2.21. The minimum absolute atomic E-state index is 0.305. The maximum Gasteiger partial charge on any atom is 0.134 e. The zero-order valence-corrected chi connectivity index (χ0v) is 7.46. The fraction of sp³-hybridized carbons (Fsp3) is 0.182. The molecule has 1 unspecified atom stereocenters. The molecule has 0 saturated carbocycles. The summed E-state index contributed by atoms with van der Waals surface area (Å²) in [5.74, 6) is -0.305. The van der Waals surface area contributed by atoms with E-state index in [1.165, 1.54) is 12.1 Å². The summed E-state index contributed by atoms with van der Waals surface area (Å²) < 4.78 is 12.6. The molecule has 0 aromatic heterocycles. The monoisotopic (exact) mass is 178 g/mol. The first-order valence-corrected chi connectivity index (χ1v) is 3.98. The number of carbonyl (C=O) groups is 1. The van der Waals surface area contributed by atoms with Crippen LogP contribution in [0, 0.1) is 5.82 Å². The van der Waals surface area contributed by atoms with Gasteiger partial charge in [0.05, 0.1) is 5.41 Å². The summed E-state index contributed by atoms with van der Waals surface area (Å²) in [5.41, 5.74) is 0.0344. The van der Waals surface area contributed by atoms with Crippen molar-refractivity contribution < 1.29 is 9.18 Å². The van der Waals surface area contributed by atoms with Gasteiger partial charge in [-0.2, -0.15) is 0 Å². The summed E-state index contributed by atoms with van der Waals surface area (Å²) in [4.78, 5) is 10.8. The van der Waals surface area contributed by atoms with Gasteiger partial charge in [0.15, 0.2) is 0 Å². The van der Waals surface area contributed by atoms with E-state index in [-0.39, 0.29) is 5.82 Å². The topological polar surface area (TPSA) is 17.1 Å². The van der Waals surface area contributed by atoms with Crippen LogP contribution in [0.5, 0.6) is 0 Å². The van der Waals surface area contributed by atoms with E-state index >= 15 is 0 Å². The number of halogens is 1. The Morgan fingerprint density at radius 3 is 2.31 bits per heavy atom. The van der Waals surface area contributed by atoms with E-state index in [0.717, 1.165) is 11.8 Å². The summed E-state index contributed by atoms with van der Waals surface area (Å²) in [6.07, 6.45) is 2.35. The van der Waals surface area contributed by atoms with E-state index in [4.69, 9.17) is 0 Å². The minimum Gasteiger partial charge on any atom is -0.302 e. The summed E-state index contributed by atoms with van der Waals surface area (Å²) in [6, 6.07) is 5.85. The lowest BCUT2D eigenvalue weighted by atomic mass is 9.84. The summed E-state index contributed by atoms with van der Waals surface area (Å²) in [6.45, 7) is 5.31. The molecule has 0 fully saturated rings. The Morgan fingerprint density at radius 1 is 1.38 bits per heavy atom. The molecule has 0 amide bonds. The quantitative estimate of drug-likeness (QED) is 0.513. The highest BCUT2D eigenvalue weighted by Crippen LogP contribution is 2.22. The molecule has 0 aliphatic rings. The maximum absolute atomic E-state index is 12.6. The molecule has 0 heterocycles. The van der Waals surface area contributed by atoms with Gasteiger partial charge in [0.2, 0.25) is 0 Å². The highest BCUT2D eigenvalue weighted by atomic mass is 19.1. The molecule has 1 aromatic rings. The van der Waals surface area contributed by atoms with Crippen molar-refractivity contribution in [3.63, 3.8) is 0 Å². The fourth-order valence-electron chi connectivity index (χ4n) is 1.04. The number of allylic oxidation sites excluding steroid dienone is 1. The first-order chi connectivity index (χ1) is 6.12. The van der Waals surface area contributed by atoms with Gasteiger partial charge in [-0.05, 0) is 24.6 Å². The van der Waals surface area contributed by atoms with Gasteiger partial charge in [-0.25, -0.2) is 4.39 Å². The molecule has 68 valence electrons. The SMILES string of the molecule is C=CC(C)(C=O)c1ccc(F)cc1. The predicted molar refractivity (Wildman–Crippen MR) is 50.0 cm³/mol. The van der Waals surface area contributed by atoms with Gasteiger partial charge in [-0.3, -0.25) is 0 Å². The van der Waals surface area contributed by atoms with Crippen molar-refractivity contribution in [1.29, 1.82) is 0 Å². The van der Waals surface area contributed by atoms with E-state index in [1.54, 1.807) is 25.1 Å². The third-order valence-electron chi connectivity index (χ3n) is 2.14. The molecule has 0 aliphatic carbocycles. The second kappa shape index (κ2) is 3.52. The Balaban J connectivity index is 3.13. The third kappa shape index (κ3) is 1.83. The van der Waals surface area contributed by atoms with E-state index in [1.807, 2.05) is 0 Å². The normalized spacial score (nSPS) is 14.6. The van der Waals surface area contributed by atoms with Crippen molar-refractivity contribution in [3.8, 4) is 0 Å². The molecule has 0 radical (unpaired) electrons. The van der Waals surface area contributed by atoms with E-state index in [9.17, 15) is 9.18 Å². The standard InChI is InChI=1S/C11H11FO/c1-3-11(2,8-13)9-4-6-10(12)7-5-9/h3-8H,1H2,2H3. The lowest BCUT2D eigenvalue weighted by Crippen LogP contribution is -2.20. The molecule has 1 nitrogen and oxygen atoms in total. The zero-order valence-electron chi connectivity index (χ0n) is 7.46. The number of aldehydes is 1. The fourth-order valence-corrected chi connectivity index (χ4v) is 1.04. The lowest BCUT2D eigenvalue weighted by molar-refractivity contribution is -0.110. The molecular weight excluding hydrogens is 167 g/mol. The van der Waals surface area contributed by atoms with Gasteiger partial charge in [0, 0.05) is 0 Å². The molecular formula is C11H11FO. The zero-order chi connectivity index (χ0) is 9.90. The van der Waals surface area contributed by atoms with Crippen LogP contribution in [0.25, 0.3) is 0 Å². The van der Waals surface area contributed by atoms with Crippen molar-refractivity contribution in [1.82, 2.24) is 0 Å². The molecule has 1 atom stereocenters. The Bertz CT molecular complexity index is 305. The van der Waals surface area contributed by atoms with Crippen LogP contribution in [0.2, 0.25) is 0 Å². The molecule has 2 heteroatoms. The molecule has 0 saturated heterocycles. The van der Waals surface area contributed by atoms with Crippen LogP contribution in [0.3, 0.4) is 0 Å². The van der Waals surface area contributed by atoms with Gasteiger partial charge in [0.1, 0.15) is 12.1 Å². The first-order valence-electron chi connectivity index (χ1n) is 3.98. The van der Waals surface area contributed by atoms with Crippen LogP contribution in [0.1, 0.15) is 12.5 Å². The minimum atomic E-state index is -0.715. The Hall–Kier alpha value is -1.44. The Kier molecular flexibility index (Phi) is 2.61. The van der Waals surface area contributed by atoms with Gasteiger partial charge in [-0.1, -0.05) is 18.2 Å². The van der Waals surface area contributed by atoms with Crippen molar-refractivity contribution in [3.05, 3.63) is 48.3 Å². The molecule has 13 heavy (non-hydrogen) atoms. The summed E-state index contributed by atoms with van der Waals surface area (Å²) >= 11 is 0. The van der Waals surface area contributed by atoms with Crippen molar-refractivity contribution >= 4 is 6.29 Å². The molecule has 1 rings (SSSR count). The van der Waals surface area contributed by atoms with Crippen LogP contribution < -0.4 is 0 Å². The average molecular weight is 178 g/mol. The van der Waals surface area contributed by atoms with Crippen LogP contribution in [-0.4, -0.2) is 6.29 Å². The van der Waals surface area contributed by atoms with Crippen LogP contribution in [0.4, 0.5) is 4.39 Å². The Morgan fingerprint density at radius 2 is 1.92 bits per heavy atom. The summed E-state index contributed by atoms with van der Waals surface area (Å²) in [5, 5.41) is 0. The number of carbonyl (C=O) groups excluding carboxylic acids is 1. The molecule has 0 spiro atoms. The predicted octanol–water partition coefficient (Wildman–Crippen LogP) is 2.47. The van der Waals surface area contributed by atoms with Gasteiger partial charge < -0.3 is 4.79 Å². The van der Waals surface area contributed by atoms with Gasteiger partial charge >= 0.3 is 0 Å². The number of hydrogen-bond donors (Lipinski definition) is 0. The third-order valence-corrected chi connectivity index (χ3v) is 2.14. The van der Waals surface area contributed by atoms with Crippen molar-refractivity contribution in [2.75, 3.05) is 0 Å². The second-order valence-corrected chi connectivity index (χ2v) is 3.11. The maximum atomic E-state index is 12.6. The second-order valence-electron chi connectivity index (χ2n) is 3.11. The Labute approximate surface area is 76.9 Å². The van der Waals surface area contributed by atoms with Gasteiger partial charge in [0.25, 0.3) is 0 Å². The molecule has 0 aliphatic heterocycles. The van der Waals surface area contributed by atoms with Crippen LogP contribution in [-0.2, 0) is 10.2 Å². The molecule has 1 aromatic carbocycles. The number of rotatable bonds is 3. The van der Waals surface area contributed by atoms with Gasteiger partial charge in [-0.15, -0.1) is 6.58 Å².